The van der Waals surface area contributed by atoms with Gasteiger partial charge in [-0.3, -0.25) is 4.90 Å². The van der Waals surface area contributed by atoms with E-state index in [2.05, 4.69) is 32.6 Å². The van der Waals surface area contributed by atoms with E-state index < -0.39 is 5.97 Å². The zero-order valence-electron chi connectivity index (χ0n) is 11.2. The SMILES string of the molecule is CC(N(C)Cc1ccoc1C(=O)O)C(C)(C)C. The van der Waals surface area contributed by atoms with Crippen LogP contribution in [0.5, 0.6) is 0 Å². The van der Waals surface area contributed by atoms with Crippen LogP contribution in [0.3, 0.4) is 0 Å². The first-order valence-corrected chi connectivity index (χ1v) is 5.73. The monoisotopic (exact) mass is 239 g/mol. The van der Waals surface area contributed by atoms with Gasteiger partial charge in [-0.1, -0.05) is 20.8 Å². The van der Waals surface area contributed by atoms with Gasteiger partial charge in [-0.2, -0.15) is 0 Å². The topological polar surface area (TPSA) is 53.7 Å². The zero-order valence-corrected chi connectivity index (χ0v) is 11.2. The van der Waals surface area contributed by atoms with E-state index in [1.165, 1.54) is 6.26 Å². The van der Waals surface area contributed by atoms with Crippen molar-refractivity contribution >= 4 is 5.97 Å². The van der Waals surface area contributed by atoms with Crippen LogP contribution in [0.4, 0.5) is 0 Å². The Balaban J connectivity index is 2.78. The molecule has 0 amide bonds. The summed E-state index contributed by atoms with van der Waals surface area (Å²) < 4.78 is 4.97. The molecule has 0 radical (unpaired) electrons. The molecule has 0 saturated heterocycles. The van der Waals surface area contributed by atoms with Gasteiger partial charge < -0.3 is 9.52 Å². The maximum absolute atomic E-state index is 10.9. The Morgan fingerprint density at radius 3 is 2.59 bits per heavy atom. The second kappa shape index (κ2) is 4.92. The summed E-state index contributed by atoms with van der Waals surface area (Å²) in [5.41, 5.74) is 0.873. The minimum absolute atomic E-state index is 0.0398. The minimum atomic E-state index is -1.01. The van der Waals surface area contributed by atoms with E-state index in [1.54, 1.807) is 6.07 Å². The number of nitrogens with zero attached hydrogens (tertiary/aromatic N) is 1. The highest BCUT2D eigenvalue weighted by Crippen LogP contribution is 2.25. The summed E-state index contributed by atoms with van der Waals surface area (Å²) >= 11 is 0. The first-order valence-electron chi connectivity index (χ1n) is 5.73. The summed E-state index contributed by atoms with van der Waals surface area (Å²) in [5.74, 6) is -0.972. The van der Waals surface area contributed by atoms with Gasteiger partial charge in [0.2, 0.25) is 5.76 Å². The highest BCUT2D eigenvalue weighted by atomic mass is 16.4. The summed E-state index contributed by atoms with van der Waals surface area (Å²) in [4.78, 5) is 13.1. The van der Waals surface area contributed by atoms with Gasteiger partial charge in [0, 0.05) is 18.2 Å². The van der Waals surface area contributed by atoms with Gasteiger partial charge in [0.15, 0.2) is 0 Å². The third-order valence-corrected chi connectivity index (χ3v) is 3.28. The molecule has 1 atom stereocenters. The fourth-order valence-corrected chi connectivity index (χ4v) is 1.71. The quantitative estimate of drug-likeness (QED) is 0.877. The van der Waals surface area contributed by atoms with Crippen LogP contribution < -0.4 is 0 Å². The number of furan rings is 1. The second-order valence-electron chi connectivity index (χ2n) is 5.54. The molecule has 0 spiro atoms. The van der Waals surface area contributed by atoms with Crippen molar-refractivity contribution in [3.05, 3.63) is 23.7 Å². The second-order valence-corrected chi connectivity index (χ2v) is 5.54. The Kier molecular flexibility index (Phi) is 3.98. The summed E-state index contributed by atoms with van der Waals surface area (Å²) in [6.45, 7) is 9.22. The van der Waals surface area contributed by atoms with Gasteiger partial charge in [0.1, 0.15) is 0 Å². The highest BCUT2D eigenvalue weighted by Gasteiger charge is 2.25. The maximum Gasteiger partial charge on any atom is 0.372 e. The number of carboxylic acid groups (broad SMARTS) is 1. The molecular formula is C13H21NO3. The van der Waals surface area contributed by atoms with Crippen LogP contribution in [-0.2, 0) is 6.54 Å². The molecular weight excluding hydrogens is 218 g/mol. The first-order chi connectivity index (χ1) is 7.73. The Labute approximate surface area is 102 Å². The Morgan fingerprint density at radius 1 is 1.53 bits per heavy atom. The van der Waals surface area contributed by atoms with Crippen LogP contribution in [0.2, 0.25) is 0 Å². The van der Waals surface area contributed by atoms with Crippen molar-refractivity contribution < 1.29 is 14.3 Å². The molecule has 1 aromatic rings. The van der Waals surface area contributed by atoms with Gasteiger partial charge in [-0.05, 0) is 25.5 Å². The summed E-state index contributed by atoms with van der Waals surface area (Å²) in [6.07, 6.45) is 1.42. The van der Waals surface area contributed by atoms with E-state index in [4.69, 9.17) is 9.52 Å². The van der Waals surface area contributed by atoms with Crippen molar-refractivity contribution in [2.24, 2.45) is 5.41 Å². The molecule has 0 aliphatic heterocycles. The molecule has 1 aromatic heterocycles. The van der Waals surface area contributed by atoms with E-state index in [-0.39, 0.29) is 11.2 Å². The van der Waals surface area contributed by atoms with Crippen molar-refractivity contribution in [3.63, 3.8) is 0 Å². The average Bonchev–Trinajstić information content (AvgIpc) is 2.63. The Bertz CT molecular complexity index is 390. The van der Waals surface area contributed by atoms with Crippen LogP contribution in [0.25, 0.3) is 0 Å². The molecule has 1 N–H and O–H groups in total. The van der Waals surface area contributed by atoms with Crippen molar-refractivity contribution in [3.8, 4) is 0 Å². The summed E-state index contributed by atoms with van der Waals surface area (Å²) in [7, 11) is 1.99. The van der Waals surface area contributed by atoms with E-state index in [0.717, 1.165) is 5.56 Å². The van der Waals surface area contributed by atoms with Crippen LogP contribution in [0, 0.1) is 5.41 Å². The summed E-state index contributed by atoms with van der Waals surface area (Å²) in [5, 5.41) is 8.95. The van der Waals surface area contributed by atoms with Crippen LogP contribution in [0.15, 0.2) is 16.7 Å². The van der Waals surface area contributed by atoms with Gasteiger partial charge in [0.25, 0.3) is 0 Å². The summed E-state index contributed by atoms with van der Waals surface area (Å²) in [6, 6.07) is 2.06. The normalized spacial score (nSPS) is 14.0. The Morgan fingerprint density at radius 2 is 2.12 bits per heavy atom. The Hall–Kier alpha value is -1.29. The number of hydrogen-bond donors (Lipinski definition) is 1. The largest absolute Gasteiger partial charge is 0.475 e. The number of rotatable bonds is 4. The predicted molar refractivity (Wildman–Crippen MR) is 66.1 cm³/mol. The minimum Gasteiger partial charge on any atom is -0.475 e. The van der Waals surface area contributed by atoms with Crippen molar-refractivity contribution in [1.29, 1.82) is 0 Å². The number of aromatic carboxylic acids is 1. The number of carbonyl (C=O) groups is 1. The molecule has 1 unspecified atom stereocenters. The third-order valence-electron chi connectivity index (χ3n) is 3.28. The molecule has 0 aromatic carbocycles. The molecule has 0 aliphatic carbocycles. The van der Waals surface area contributed by atoms with Crippen LogP contribution in [0.1, 0.15) is 43.8 Å². The van der Waals surface area contributed by atoms with Crippen molar-refractivity contribution in [2.45, 2.75) is 40.3 Å². The fraction of sp³-hybridized carbons (Fsp3) is 0.615. The lowest BCUT2D eigenvalue weighted by Crippen LogP contribution is -2.38. The van der Waals surface area contributed by atoms with Gasteiger partial charge >= 0.3 is 5.97 Å². The molecule has 1 heterocycles. The third kappa shape index (κ3) is 3.33. The van der Waals surface area contributed by atoms with E-state index in [1.807, 2.05) is 7.05 Å². The van der Waals surface area contributed by atoms with E-state index >= 15 is 0 Å². The molecule has 0 fully saturated rings. The van der Waals surface area contributed by atoms with E-state index in [0.29, 0.717) is 12.6 Å². The highest BCUT2D eigenvalue weighted by molar-refractivity contribution is 5.86. The lowest BCUT2D eigenvalue weighted by Gasteiger charge is -2.35. The smallest absolute Gasteiger partial charge is 0.372 e. The number of carboxylic acids is 1. The molecule has 4 heteroatoms. The molecule has 1 rings (SSSR count). The van der Waals surface area contributed by atoms with Gasteiger partial charge in [-0.25, -0.2) is 4.79 Å². The molecule has 0 bridgehead atoms. The van der Waals surface area contributed by atoms with Crippen LogP contribution >= 0.6 is 0 Å². The zero-order chi connectivity index (χ0) is 13.2. The lowest BCUT2D eigenvalue weighted by molar-refractivity contribution is 0.0657. The maximum atomic E-state index is 10.9. The average molecular weight is 239 g/mol. The molecule has 4 nitrogen and oxygen atoms in total. The number of hydrogen-bond acceptors (Lipinski definition) is 3. The van der Waals surface area contributed by atoms with Crippen molar-refractivity contribution in [2.75, 3.05) is 7.05 Å². The predicted octanol–water partition coefficient (Wildman–Crippen LogP) is 2.84. The fourth-order valence-electron chi connectivity index (χ4n) is 1.71. The van der Waals surface area contributed by atoms with Crippen LogP contribution in [-0.4, -0.2) is 29.1 Å². The first kappa shape index (κ1) is 13.8. The molecule has 0 aliphatic rings. The van der Waals surface area contributed by atoms with Crippen molar-refractivity contribution in [1.82, 2.24) is 4.90 Å². The molecule has 96 valence electrons. The van der Waals surface area contributed by atoms with E-state index in [9.17, 15) is 4.79 Å². The molecule has 0 saturated carbocycles. The lowest BCUT2D eigenvalue weighted by atomic mass is 9.87. The standard InChI is InChI=1S/C13H21NO3/c1-9(13(2,3)4)14(5)8-10-6-7-17-11(10)12(15)16/h6-7,9H,8H2,1-5H3,(H,15,16). The molecule has 17 heavy (non-hydrogen) atoms. The van der Waals surface area contributed by atoms with Gasteiger partial charge in [-0.15, -0.1) is 0 Å². The van der Waals surface area contributed by atoms with Gasteiger partial charge in [0.05, 0.1) is 6.26 Å².